The Kier molecular flexibility index (Phi) is 7.27. The molecule has 176 valence electrons. The minimum absolute atomic E-state index is 0.0253. The second kappa shape index (κ2) is 9.95. The summed E-state index contributed by atoms with van der Waals surface area (Å²) >= 11 is 0. The van der Waals surface area contributed by atoms with E-state index in [2.05, 4.69) is 10.5 Å². The number of benzene rings is 2. The zero-order chi connectivity index (χ0) is 24.2. The molecule has 10 heteroatoms. The number of nitrogens with one attached hydrogen (secondary N) is 1. The molecule has 0 bridgehead atoms. The van der Waals surface area contributed by atoms with Crippen LogP contribution in [0.2, 0.25) is 0 Å². The number of carbonyl (C=O) groups excluding carboxylic acids is 1. The van der Waals surface area contributed by atoms with E-state index in [1.54, 1.807) is 37.3 Å². The normalized spacial score (nSPS) is 11.2. The van der Waals surface area contributed by atoms with Crippen LogP contribution in [0.15, 0.2) is 45.8 Å². The highest BCUT2D eigenvalue weighted by atomic mass is 32.2. The van der Waals surface area contributed by atoms with Crippen molar-refractivity contribution in [1.29, 1.82) is 0 Å². The standard InChI is InChI=1S/C23H26N2O7S/c1-14-15(2)25-32-23(14)16-6-8-20(31-5)21(12-16)33(27,28)11-10-22(26)24-18-13-17(29-3)7-9-19(18)30-4/h6-9,12-13H,10-11H2,1-5H3,(H,24,26). The molecule has 1 aromatic heterocycles. The number of amides is 1. The molecular formula is C23H26N2O7S. The van der Waals surface area contributed by atoms with Gasteiger partial charge in [0.1, 0.15) is 22.1 Å². The molecule has 0 aliphatic heterocycles. The van der Waals surface area contributed by atoms with Gasteiger partial charge < -0.3 is 24.1 Å². The lowest BCUT2D eigenvalue weighted by Crippen LogP contribution is -2.18. The lowest BCUT2D eigenvalue weighted by molar-refractivity contribution is -0.115. The van der Waals surface area contributed by atoms with Crippen molar-refractivity contribution in [1.82, 2.24) is 5.16 Å². The zero-order valence-corrected chi connectivity index (χ0v) is 19.9. The molecule has 3 rings (SSSR count). The van der Waals surface area contributed by atoms with E-state index in [1.807, 2.05) is 6.92 Å². The molecule has 0 saturated heterocycles. The summed E-state index contributed by atoms with van der Waals surface area (Å²) in [5.74, 6) is 0.718. The van der Waals surface area contributed by atoms with Crippen LogP contribution >= 0.6 is 0 Å². The third-order valence-corrected chi connectivity index (χ3v) is 6.93. The highest BCUT2D eigenvalue weighted by Crippen LogP contribution is 2.33. The number of hydrogen-bond acceptors (Lipinski definition) is 8. The molecule has 0 aliphatic carbocycles. The summed E-state index contributed by atoms with van der Waals surface area (Å²) in [4.78, 5) is 12.5. The Labute approximate surface area is 192 Å². The van der Waals surface area contributed by atoms with Gasteiger partial charge in [-0.25, -0.2) is 8.42 Å². The van der Waals surface area contributed by atoms with Crippen molar-refractivity contribution in [3.63, 3.8) is 0 Å². The zero-order valence-electron chi connectivity index (χ0n) is 19.1. The molecule has 33 heavy (non-hydrogen) atoms. The van der Waals surface area contributed by atoms with Crippen molar-refractivity contribution < 1.29 is 31.9 Å². The molecule has 2 aromatic carbocycles. The summed E-state index contributed by atoms with van der Waals surface area (Å²) in [6, 6.07) is 9.67. The van der Waals surface area contributed by atoms with Gasteiger partial charge in [-0.05, 0) is 44.2 Å². The number of aryl methyl sites for hydroxylation is 1. The maximum Gasteiger partial charge on any atom is 0.225 e. The Bertz CT molecular complexity index is 1270. The van der Waals surface area contributed by atoms with E-state index in [0.717, 1.165) is 11.3 Å². The molecule has 0 fully saturated rings. The van der Waals surface area contributed by atoms with E-state index >= 15 is 0 Å². The third-order valence-electron chi connectivity index (χ3n) is 5.20. The minimum Gasteiger partial charge on any atom is -0.497 e. The van der Waals surface area contributed by atoms with Crippen molar-refractivity contribution >= 4 is 21.4 Å². The molecule has 0 atom stereocenters. The Hall–Kier alpha value is -3.53. The quantitative estimate of drug-likeness (QED) is 0.498. The van der Waals surface area contributed by atoms with Gasteiger partial charge in [-0.15, -0.1) is 0 Å². The van der Waals surface area contributed by atoms with Crippen molar-refractivity contribution in [2.75, 3.05) is 32.4 Å². The Morgan fingerprint density at radius 2 is 1.70 bits per heavy atom. The first kappa shape index (κ1) is 24.1. The Morgan fingerprint density at radius 1 is 1.00 bits per heavy atom. The largest absolute Gasteiger partial charge is 0.497 e. The first-order chi connectivity index (χ1) is 15.7. The van der Waals surface area contributed by atoms with Crippen LogP contribution in [0.1, 0.15) is 17.7 Å². The molecule has 0 radical (unpaired) electrons. The van der Waals surface area contributed by atoms with Crippen molar-refractivity contribution in [3.8, 4) is 28.6 Å². The van der Waals surface area contributed by atoms with Crippen LogP contribution in [0.3, 0.4) is 0 Å². The summed E-state index contributed by atoms with van der Waals surface area (Å²) in [6.07, 6.45) is -0.267. The number of nitrogens with zero attached hydrogens (tertiary/aromatic N) is 1. The molecule has 1 heterocycles. The van der Waals surface area contributed by atoms with Crippen LogP contribution in [0.5, 0.6) is 17.2 Å². The number of methoxy groups -OCH3 is 3. The van der Waals surface area contributed by atoms with Crippen molar-refractivity contribution in [2.24, 2.45) is 0 Å². The number of ether oxygens (including phenoxy) is 3. The number of anilines is 1. The average Bonchev–Trinajstić information content (AvgIpc) is 3.15. The van der Waals surface area contributed by atoms with Gasteiger partial charge in [0.25, 0.3) is 0 Å². The minimum atomic E-state index is -3.86. The van der Waals surface area contributed by atoms with Crippen LogP contribution in [0, 0.1) is 13.8 Å². The molecule has 9 nitrogen and oxygen atoms in total. The predicted molar refractivity (Wildman–Crippen MR) is 123 cm³/mol. The van der Waals surface area contributed by atoms with Gasteiger partial charge in [-0.3, -0.25) is 4.79 Å². The number of hydrogen-bond donors (Lipinski definition) is 1. The predicted octanol–water partition coefficient (Wildman–Crippen LogP) is 3.79. The van der Waals surface area contributed by atoms with Gasteiger partial charge >= 0.3 is 0 Å². The summed E-state index contributed by atoms with van der Waals surface area (Å²) in [5, 5.41) is 6.60. The summed E-state index contributed by atoms with van der Waals surface area (Å²) < 4.78 is 47.2. The molecule has 1 N–H and O–H groups in total. The van der Waals surface area contributed by atoms with Gasteiger partial charge in [0.15, 0.2) is 15.6 Å². The lowest BCUT2D eigenvalue weighted by atomic mass is 10.1. The fourth-order valence-electron chi connectivity index (χ4n) is 3.21. The highest BCUT2D eigenvalue weighted by molar-refractivity contribution is 7.91. The summed E-state index contributed by atoms with van der Waals surface area (Å²) in [5.41, 5.74) is 2.47. The lowest BCUT2D eigenvalue weighted by Gasteiger charge is -2.13. The van der Waals surface area contributed by atoms with Crippen LogP contribution in [-0.4, -0.2) is 46.6 Å². The molecule has 0 unspecified atom stereocenters. The second-order valence-corrected chi connectivity index (χ2v) is 9.35. The van der Waals surface area contributed by atoms with Gasteiger partial charge in [-0.1, -0.05) is 5.16 Å². The molecule has 1 amide bonds. The first-order valence-corrected chi connectivity index (χ1v) is 11.7. The van der Waals surface area contributed by atoms with Gasteiger partial charge in [-0.2, -0.15) is 0 Å². The van der Waals surface area contributed by atoms with Gasteiger partial charge in [0, 0.05) is 23.6 Å². The Balaban J connectivity index is 1.81. The first-order valence-electron chi connectivity index (χ1n) is 10.1. The van der Waals surface area contributed by atoms with Gasteiger partial charge in [0.2, 0.25) is 5.91 Å². The number of rotatable bonds is 9. The smallest absolute Gasteiger partial charge is 0.225 e. The average molecular weight is 475 g/mol. The topological polar surface area (TPSA) is 117 Å². The van der Waals surface area contributed by atoms with Crippen LogP contribution in [0.25, 0.3) is 11.3 Å². The SMILES string of the molecule is COc1ccc(OC)c(NC(=O)CCS(=O)(=O)c2cc(-c3onc(C)c3C)ccc2OC)c1. The van der Waals surface area contributed by atoms with Crippen molar-refractivity contribution in [3.05, 3.63) is 47.7 Å². The van der Waals surface area contributed by atoms with Crippen LogP contribution in [-0.2, 0) is 14.6 Å². The Morgan fingerprint density at radius 3 is 2.30 bits per heavy atom. The molecule has 0 aliphatic rings. The molecule has 3 aromatic rings. The van der Waals surface area contributed by atoms with E-state index in [-0.39, 0.29) is 17.1 Å². The number of aromatic nitrogens is 1. The maximum absolute atomic E-state index is 13.1. The fourth-order valence-corrected chi connectivity index (χ4v) is 4.65. The van der Waals surface area contributed by atoms with Gasteiger partial charge in [0.05, 0.1) is 38.5 Å². The van der Waals surface area contributed by atoms with E-state index in [1.165, 1.54) is 27.4 Å². The fraction of sp³-hybridized carbons (Fsp3) is 0.304. The van der Waals surface area contributed by atoms with Crippen LogP contribution < -0.4 is 19.5 Å². The van der Waals surface area contributed by atoms with E-state index in [4.69, 9.17) is 18.7 Å². The molecular weight excluding hydrogens is 448 g/mol. The van der Waals surface area contributed by atoms with E-state index < -0.39 is 21.5 Å². The van der Waals surface area contributed by atoms with Crippen LogP contribution in [0.4, 0.5) is 5.69 Å². The monoisotopic (exact) mass is 474 g/mol. The number of sulfone groups is 1. The third kappa shape index (κ3) is 5.28. The summed E-state index contributed by atoms with van der Waals surface area (Å²) in [7, 11) is 0.503. The molecule has 0 spiro atoms. The van der Waals surface area contributed by atoms with E-state index in [9.17, 15) is 13.2 Å². The van der Waals surface area contributed by atoms with E-state index in [0.29, 0.717) is 28.5 Å². The highest BCUT2D eigenvalue weighted by Gasteiger charge is 2.24. The second-order valence-electron chi connectivity index (χ2n) is 7.27. The maximum atomic E-state index is 13.1. The summed E-state index contributed by atoms with van der Waals surface area (Å²) in [6.45, 7) is 3.65. The number of carbonyl (C=O) groups is 1. The van der Waals surface area contributed by atoms with Crippen molar-refractivity contribution in [2.45, 2.75) is 25.2 Å². The molecule has 0 saturated carbocycles.